The van der Waals surface area contributed by atoms with Gasteiger partial charge in [0.2, 0.25) is 0 Å². The molecule has 0 aliphatic rings. The van der Waals surface area contributed by atoms with Crippen LogP contribution in [0.3, 0.4) is 0 Å². The van der Waals surface area contributed by atoms with Crippen LogP contribution in [0.25, 0.3) is 0 Å². The molecule has 0 saturated heterocycles. The van der Waals surface area contributed by atoms with E-state index in [4.69, 9.17) is 4.74 Å². The maximum absolute atomic E-state index is 5.71. The highest BCUT2D eigenvalue weighted by atomic mass is 32.1. The van der Waals surface area contributed by atoms with Crippen LogP contribution >= 0.6 is 11.3 Å². The van der Waals surface area contributed by atoms with Crippen LogP contribution in [-0.4, -0.2) is 11.6 Å². The van der Waals surface area contributed by atoms with Crippen LogP contribution in [-0.2, 0) is 0 Å². The first-order valence-corrected chi connectivity index (χ1v) is 7.76. The standard InChI is InChI=1S/C16H22N2OS/c1-6-19-15-9-10(2)7-8-14(15)17-11(3)16-12(4)20-13(5)18-16/h7-9,11,17H,6H2,1-5H3. The summed E-state index contributed by atoms with van der Waals surface area (Å²) in [5.41, 5.74) is 3.35. The zero-order chi connectivity index (χ0) is 14.7. The van der Waals surface area contributed by atoms with Crippen LogP contribution in [0, 0.1) is 20.8 Å². The number of hydrogen-bond acceptors (Lipinski definition) is 4. The summed E-state index contributed by atoms with van der Waals surface area (Å²) in [6.45, 7) is 11.0. The van der Waals surface area contributed by atoms with Gasteiger partial charge in [-0.15, -0.1) is 11.3 Å². The molecule has 0 bridgehead atoms. The van der Waals surface area contributed by atoms with Crippen molar-refractivity contribution in [2.24, 2.45) is 0 Å². The van der Waals surface area contributed by atoms with Gasteiger partial charge in [0.05, 0.1) is 29.0 Å². The Morgan fingerprint density at radius 1 is 1.30 bits per heavy atom. The van der Waals surface area contributed by atoms with E-state index in [1.807, 2.05) is 13.8 Å². The van der Waals surface area contributed by atoms with Crippen LogP contribution < -0.4 is 10.1 Å². The molecule has 0 amide bonds. The number of ether oxygens (including phenoxy) is 1. The van der Waals surface area contributed by atoms with Gasteiger partial charge in [-0.2, -0.15) is 0 Å². The van der Waals surface area contributed by atoms with Crippen molar-refractivity contribution in [2.75, 3.05) is 11.9 Å². The van der Waals surface area contributed by atoms with Crippen molar-refractivity contribution in [2.45, 2.75) is 40.7 Å². The van der Waals surface area contributed by atoms with E-state index in [0.717, 1.165) is 22.1 Å². The molecule has 20 heavy (non-hydrogen) atoms. The highest BCUT2D eigenvalue weighted by Crippen LogP contribution is 2.31. The van der Waals surface area contributed by atoms with E-state index in [-0.39, 0.29) is 6.04 Å². The van der Waals surface area contributed by atoms with Gasteiger partial charge in [0.15, 0.2) is 0 Å². The second-order valence-corrected chi connectivity index (χ2v) is 6.38. The Kier molecular flexibility index (Phi) is 4.65. The number of anilines is 1. The largest absolute Gasteiger partial charge is 0.492 e. The molecule has 1 unspecified atom stereocenters. The van der Waals surface area contributed by atoms with E-state index in [2.05, 4.69) is 49.3 Å². The quantitative estimate of drug-likeness (QED) is 0.871. The van der Waals surface area contributed by atoms with Gasteiger partial charge in [-0.25, -0.2) is 4.98 Å². The maximum atomic E-state index is 5.71. The normalized spacial score (nSPS) is 12.2. The second-order valence-electron chi connectivity index (χ2n) is 4.97. The number of aromatic nitrogens is 1. The number of nitrogens with zero attached hydrogens (tertiary/aromatic N) is 1. The molecule has 2 aromatic rings. The molecule has 0 saturated carbocycles. The van der Waals surface area contributed by atoms with E-state index in [9.17, 15) is 0 Å². The minimum Gasteiger partial charge on any atom is -0.492 e. The molecule has 1 aromatic heterocycles. The van der Waals surface area contributed by atoms with E-state index in [1.54, 1.807) is 11.3 Å². The summed E-state index contributed by atoms with van der Waals surface area (Å²) >= 11 is 1.74. The lowest BCUT2D eigenvalue weighted by atomic mass is 10.1. The summed E-state index contributed by atoms with van der Waals surface area (Å²) in [5, 5.41) is 4.62. The lowest BCUT2D eigenvalue weighted by molar-refractivity contribution is 0.341. The molecule has 2 rings (SSSR count). The summed E-state index contributed by atoms with van der Waals surface area (Å²) in [5.74, 6) is 0.906. The number of hydrogen-bond donors (Lipinski definition) is 1. The number of benzene rings is 1. The number of nitrogens with one attached hydrogen (secondary N) is 1. The zero-order valence-electron chi connectivity index (χ0n) is 12.8. The van der Waals surface area contributed by atoms with Gasteiger partial charge in [-0.3, -0.25) is 0 Å². The van der Waals surface area contributed by atoms with Crippen LogP contribution in [0.2, 0.25) is 0 Å². The third kappa shape index (κ3) is 3.31. The molecule has 0 spiro atoms. The summed E-state index contributed by atoms with van der Waals surface area (Å²) < 4.78 is 5.71. The lowest BCUT2D eigenvalue weighted by Crippen LogP contribution is -2.10. The minimum absolute atomic E-state index is 0.168. The summed E-state index contributed by atoms with van der Waals surface area (Å²) in [6.07, 6.45) is 0. The fourth-order valence-corrected chi connectivity index (χ4v) is 3.19. The monoisotopic (exact) mass is 290 g/mol. The molecule has 1 atom stereocenters. The van der Waals surface area contributed by atoms with Crippen LogP contribution in [0.1, 0.15) is 41.0 Å². The SMILES string of the molecule is CCOc1cc(C)ccc1NC(C)c1nc(C)sc1C. The predicted octanol–water partition coefficient (Wildman–Crippen LogP) is 4.64. The lowest BCUT2D eigenvalue weighted by Gasteiger charge is -2.18. The van der Waals surface area contributed by atoms with Crippen molar-refractivity contribution in [3.63, 3.8) is 0 Å². The molecule has 4 heteroatoms. The Balaban J connectivity index is 2.23. The van der Waals surface area contributed by atoms with Gasteiger partial charge in [-0.05, 0) is 52.3 Å². The van der Waals surface area contributed by atoms with Crippen molar-refractivity contribution >= 4 is 17.0 Å². The summed E-state index contributed by atoms with van der Waals surface area (Å²) in [7, 11) is 0. The fraction of sp³-hybridized carbons (Fsp3) is 0.438. The number of aryl methyl sites for hydroxylation is 3. The molecule has 1 heterocycles. The minimum atomic E-state index is 0.168. The van der Waals surface area contributed by atoms with Crippen molar-refractivity contribution < 1.29 is 4.74 Å². The average Bonchev–Trinajstić information content (AvgIpc) is 2.72. The van der Waals surface area contributed by atoms with E-state index in [0.29, 0.717) is 6.61 Å². The Labute approximate surface area is 125 Å². The molecule has 108 valence electrons. The predicted molar refractivity (Wildman–Crippen MR) is 86.0 cm³/mol. The highest BCUT2D eigenvalue weighted by molar-refractivity contribution is 7.11. The van der Waals surface area contributed by atoms with Gasteiger partial charge in [-0.1, -0.05) is 6.07 Å². The first-order chi connectivity index (χ1) is 9.51. The molecule has 1 N–H and O–H groups in total. The molecule has 0 radical (unpaired) electrons. The van der Waals surface area contributed by atoms with Gasteiger partial charge in [0.25, 0.3) is 0 Å². The zero-order valence-corrected chi connectivity index (χ0v) is 13.6. The van der Waals surface area contributed by atoms with Crippen LogP contribution in [0.4, 0.5) is 5.69 Å². The number of rotatable bonds is 5. The molecule has 3 nitrogen and oxygen atoms in total. The topological polar surface area (TPSA) is 34.1 Å². The van der Waals surface area contributed by atoms with E-state index in [1.165, 1.54) is 10.4 Å². The van der Waals surface area contributed by atoms with E-state index >= 15 is 0 Å². The van der Waals surface area contributed by atoms with Gasteiger partial charge in [0.1, 0.15) is 5.75 Å². The van der Waals surface area contributed by atoms with Crippen molar-refractivity contribution in [3.05, 3.63) is 39.3 Å². The Morgan fingerprint density at radius 2 is 2.05 bits per heavy atom. The van der Waals surface area contributed by atoms with Gasteiger partial charge >= 0.3 is 0 Å². The first kappa shape index (κ1) is 14.9. The summed E-state index contributed by atoms with van der Waals surface area (Å²) in [6, 6.07) is 6.40. The molecular weight excluding hydrogens is 268 g/mol. The smallest absolute Gasteiger partial charge is 0.142 e. The van der Waals surface area contributed by atoms with Gasteiger partial charge in [0, 0.05) is 4.88 Å². The van der Waals surface area contributed by atoms with E-state index < -0.39 is 0 Å². The Bertz CT molecular complexity index is 592. The van der Waals surface area contributed by atoms with Crippen molar-refractivity contribution in [1.29, 1.82) is 0 Å². The fourth-order valence-electron chi connectivity index (χ4n) is 2.27. The van der Waals surface area contributed by atoms with Crippen LogP contribution in [0.15, 0.2) is 18.2 Å². The Hall–Kier alpha value is -1.55. The first-order valence-electron chi connectivity index (χ1n) is 6.95. The Morgan fingerprint density at radius 3 is 2.65 bits per heavy atom. The maximum Gasteiger partial charge on any atom is 0.142 e. The van der Waals surface area contributed by atoms with Crippen LogP contribution in [0.5, 0.6) is 5.75 Å². The summed E-state index contributed by atoms with van der Waals surface area (Å²) in [4.78, 5) is 5.89. The van der Waals surface area contributed by atoms with Crippen molar-refractivity contribution in [1.82, 2.24) is 4.98 Å². The third-order valence-corrected chi connectivity index (χ3v) is 4.06. The second kappa shape index (κ2) is 6.27. The third-order valence-electron chi connectivity index (χ3n) is 3.16. The average molecular weight is 290 g/mol. The van der Waals surface area contributed by atoms with Crippen molar-refractivity contribution in [3.8, 4) is 5.75 Å². The molecule has 0 aliphatic heterocycles. The molecule has 0 fully saturated rings. The molecule has 1 aromatic carbocycles. The molecular formula is C16H22N2OS. The number of thiazole rings is 1. The molecule has 0 aliphatic carbocycles. The van der Waals surface area contributed by atoms with Gasteiger partial charge < -0.3 is 10.1 Å². The highest BCUT2D eigenvalue weighted by Gasteiger charge is 2.14.